The minimum atomic E-state index is -0.827. The van der Waals surface area contributed by atoms with E-state index in [1.54, 1.807) is 56.6 Å². The van der Waals surface area contributed by atoms with Crippen molar-refractivity contribution in [2.75, 3.05) is 26.5 Å². The highest BCUT2D eigenvalue weighted by atomic mass is 35.5. The summed E-state index contributed by atoms with van der Waals surface area (Å²) < 4.78 is 5.30. The molecule has 0 fully saturated rings. The van der Waals surface area contributed by atoms with Crippen LogP contribution in [0.3, 0.4) is 0 Å². The van der Waals surface area contributed by atoms with Gasteiger partial charge in [-0.25, -0.2) is 0 Å². The Kier molecular flexibility index (Phi) is 7.83. The van der Waals surface area contributed by atoms with Gasteiger partial charge in [0.25, 0.3) is 11.8 Å². The number of halogens is 1. The van der Waals surface area contributed by atoms with Crippen molar-refractivity contribution < 1.29 is 19.1 Å². The fraction of sp³-hybridized carbons (Fsp3) is 0.318. The molecule has 2 aromatic rings. The standard InChI is InChI=1S/C22H26ClN3O4/c1-13(2)19(25-20(27)15-8-6-7-9-16(15)23)21(28)24-17-12-14(22(29)26(3)4)10-11-18(17)30-5/h6-13,19H,1-5H3,(H,24,28)(H,25,27). The van der Waals surface area contributed by atoms with Crippen LogP contribution in [0, 0.1) is 5.92 Å². The largest absolute Gasteiger partial charge is 0.495 e. The summed E-state index contributed by atoms with van der Waals surface area (Å²) in [5.74, 6) is -0.885. The first-order valence-electron chi connectivity index (χ1n) is 9.41. The van der Waals surface area contributed by atoms with Gasteiger partial charge in [-0.05, 0) is 36.2 Å². The molecule has 0 saturated heterocycles. The molecule has 0 aliphatic carbocycles. The Labute approximate surface area is 181 Å². The number of nitrogens with zero attached hydrogens (tertiary/aromatic N) is 1. The van der Waals surface area contributed by atoms with Crippen LogP contribution in [0.2, 0.25) is 5.02 Å². The zero-order valence-electron chi connectivity index (χ0n) is 17.7. The summed E-state index contributed by atoms with van der Waals surface area (Å²) in [4.78, 5) is 39.3. The minimum Gasteiger partial charge on any atom is -0.495 e. The van der Waals surface area contributed by atoms with Crippen LogP contribution in [-0.2, 0) is 4.79 Å². The van der Waals surface area contributed by atoms with Gasteiger partial charge in [-0.3, -0.25) is 14.4 Å². The number of methoxy groups -OCH3 is 1. The van der Waals surface area contributed by atoms with Gasteiger partial charge in [0.2, 0.25) is 5.91 Å². The lowest BCUT2D eigenvalue weighted by atomic mass is 10.0. The lowest BCUT2D eigenvalue weighted by Gasteiger charge is -2.23. The first kappa shape index (κ1) is 23.2. The number of hydrogen-bond donors (Lipinski definition) is 2. The number of carbonyl (C=O) groups is 3. The molecule has 160 valence electrons. The maximum atomic E-state index is 13.0. The van der Waals surface area contributed by atoms with Crippen LogP contribution in [0.4, 0.5) is 5.69 Å². The predicted molar refractivity (Wildman–Crippen MR) is 117 cm³/mol. The molecule has 2 rings (SSSR count). The first-order chi connectivity index (χ1) is 14.1. The number of nitrogens with one attached hydrogen (secondary N) is 2. The highest BCUT2D eigenvalue weighted by molar-refractivity contribution is 6.33. The summed E-state index contributed by atoms with van der Waals surface area (Å²) in [6.07, 6.45) is 0. The van der Waals surface area contributed by atoms with Gasteiger partial charge < -0.3 is 20.3 Å². The first-order valence-corrected chi connectivity index (χ1v) is 9.79. The number of anilines is 1. The molecule has 7 nitrogen and oxygen atoms in total. The van der Waals surface area contributed by atoms with E-state index in [9.17, 15) is 14.4 Å². The fourth-order valence-corrected chi connectivity index (χ4v) is 3.03. The molecule has 0 spiro atoms. The van der Waals surface area contributed by atoms with Gasteiger partial charge in [-0.1, -0.05) is 37.6 Å². The second-order valence-corrected chi connectivity index (χ2v) is 7.69. The van der Waals surface area contributed by atoms with Crippen molar-refractivity contribution in [2.45, 2.75) is 19.9 Å². The summed E-state index contributed by atoms with van der Waals surface area (Å²) in [5.41, 5.74) is 1.03. The molecule has 1 unspecified atom stereocenters. The highest BCUT2D eigenvalue weighted by Crippen LogP contribution is 2.26. The van der Waals surface area contributed by atoms with Crippen LogP contribution in [0.1, 0.15) is 34.6 Å². The number of amides is 3. The maximum absolute atomic E-state index is 13.0. The van der Waals surface area contributed by atoms with Gasteiger partial charge in [0.1, 0.15) is 11.8 Å². The Balaban J connectivity index is 2.26. The molecule has 0 aliphatic rings. The van der Waals surface area contributed by atoms with Crippen LogP contribution in [-0.4, -0.2) is 49.9 Å². The molecule has 0 radical (unpaired) electrons. The second-order valence-electron chi connectivity index (χ2n) is 7.28. The number of carbonyl (C=O) groups excluding carboxylic acids is 3. The normalized spacial score (nSPS) is 11.6. The molecule has 0 saturated carbocycles. The lowest BCUT2D eigenvalue weighted by molar-refractivity contribution is -0.118. The van der Waals surface area contributed by atoms with Crippen molar-refractivity contribution in [3.05, 3.63) is 58.6 Å². The van der Waals surface area contributed by atoms with Crippen LogP contribution in [0.25, 0.3) is 0 Å². The van der Waals surface area contributed by atoms with Crippen LogP contribution in [0.5, 0.6) is 5.75 Å². The van der Waals surface area contributed by atoms with Gasteiger partial charge in [-0.15, -0.1) is 0 Å². The van der Waals surface area contributed by atoms with Crippen LogP contribution < -0.4 is 15.4 Å². The number of benzene rings is 2. The zero-order valence-corrected chi connectivity index (χ0v) is 18.4. The van der Waals surface area contributed by atoms with E-state index in [-0.39, 0.29) is 17.4 Å². The van der Waals surface area contributed by atoms with Crippen molar-refractivity contribution in [1.29, 1.82) is 0 Å². The summed E-state index contributed by atoms with van der Waals surface area (Å²) in [5, 5.41) is 5.80. The van der Waals surface area contributed by atoms with E-state index in [4.69, 9.17) is 16.3 Å². The molecule has 0 aromatic heterocycles. The van der Waals surface area contributed by atoms with E-state index in [0.717, 1.165) is 0 Å². The quantitative estimate of drug-likeness (QED) is 0.702. The van der Waals surface area contributed by atoms with Gasteiger partial charge in [0, 0.05) is 19.7 Å². The molecule has 3 amide bonds. The Bertz CT molecular complexity index is 944. The third-order valence-corrected chi connectivity index (χ3v) is 4.79. The smallest absolute Gasteiger partial charge is 0.253 e. The topological polar surface area (TPSA) is 87.7 Å². The monoisotopic (exact) mass is 431 g/mol. The number of hydrogen-bond acceptors (Lipinski definition) is 4. The molecule has 30 heavy (non-hydrogen) atoms. The Morgan fingerprint density at radius 3 is 2.30 bits per heavy atom. The van der Waals surface area contributed by atoms with E-state index in [2.05, 4.69) is 10.6 Å². The molecule has 0 bridgehead atoms. The fourth-order valence-electron chi connectivity index (χ4n) is 2.81. The molecule has 0 heterocycles. The summed E-state index contributed by atoms with van der Waals surface area (Å²) in [7, 11) is 4.76. The minimum absolute atomic E-state index is 0.200. The third-order valence-electron chi connectivity index (χ3n) is 4.46. The van der Waals surface area contributed by atoms with E-state index in [0.29, 0.717) is 22.0 Å². The SMILES string of the molecule is COc1ccc(C(=O)N(C)C)cc1NC(=O)C(NC(=O)c1ccccc1Cl)C(C)C. The van der Waals surface area contributed by atoms with Gasteiger partial charge in [0.05, 0.1) is 23.4 Å². The van der Waals surface area contributed by atoms with Gasteiger partial charge >= 0.3 is 0 Å². The molecule has 1 atom stereocenters. The van der Waals surface area contributed by atoms with Gasteiger partial charge in [-0.2, -0.15) is 0 Å². The molecular formula is C22H26ClN3O4. The highest BCUT2D eigenvalue weighted by Gasteiger charge is 2.26. The van der Waals surface area contributed by atoms with Crippen molar-refractivity contribution in [3.63, 3.8) is 0 Å². The number of rotatable bonds is 7. The average molecular weight is 432 g/mol. The molecule has 2 aromatic carbocycles. The zero-order chi connectivity index (χ0) is 22.4. The van der Waals surface area contributed by atoms with E-state index in [1.807, 2.05) is 13.8 Å². The van der Waals surface area contributed by atoms with Crippen LogP contribution in [0.15, 0.2) is 42.5 Å². The van der Waals surface area contributed by atoms with E-state index >= 15 is 0 Å². The second kappa shape index (κ2) is 10.1. The summed E-state index contributed by atoms with van der Waals surface area (Å²) in [6.45, 7) is 3.64. The van der Waals surface area contributed by atoms with E-state index < -0.39 is 17.9 Å². The molecule has 2 N–H and O–H groups in total. The Morgan fingerprint density at radius 2 is 1.73 bits per heavy atom. The lowest BCUT2D eigenvalue weighted by Crippen LogP contribution is -2.47. The molecule has 0 aliphatic heterocycles. The third kappa shape index (κ3) is 5.51. The van der Waals surface area contributed by atoms with Crippen molar-refractivity contribution in [2.24, 2.45) is 5.92 Å². The van der Waals surface area contributed by atoms with Crippen LogP contribution >= 0.6 is 11.6 Å². The Morgan fingerprint density at radius 1 is 1.07 bits per heavy atom. The molecule has 8 heteroatoms. The average Bonchev–Trinajstić information content (AvgIpc) is 2.71. The van der Waals surface area contributed by atoms with Crippen molar-refractivity contribution in [1.82, 2.24) is 10.2 Å². The van der Waals surface area contributed by atoms with Crippen molar-refractivity contribution >= 4 is 35.0 Å². The van der Waals surface area contributed by atoms with Gasteiger partial charge in [0.15, 0.2) is 0 Å². The summed E-state index contributed by atoms with van der Waals surface area (Å²) in [6, 6.07) is 10.6. The summed E-state index contributed by atoms with van der Waals surface area (Å²) >= 11 is 6.09. The Hall–Kier alpha value is -3.06. The number of ether oxygens (including phenoxy) is 1. The maximum Gasteiger partial charge on any atom is 0.253 e. The van der Waals surface area contributed by atoms with E-state index in [1.165, 1.54) is 12.0 Å². The van der Waals surface area contributed by atoms with Crippen molar-refractivity contribution in [3.8, 4) is 5.75 Å². The predicted octanol–water partition coefficient (Wildman–Crippen LogP) is 3.44. The molecular weight excluding hydrogens is 406 g/mol.